The monoisotopic (exact) mass is 166 g/mol. The second-order valence-electron chi connectivity index (χ2n) is 2.33. The summed E-state index contributed by atoms with van der Waals surface area (Å²) in [6.07, 6.45) is 0. The van der Waals surface area contributed by atoms with Crippen molar-refractivity contribution < 1.29 is 9.90 Å². The molecule has 0 heterocycles. The molecule has 0 aliphatic rings. The summed E-state index contributed by atoms with van der Waals surface area (Å²) in [5.74, 6) is 4.59. The molecule has 0 radical (unpaired) electrons. The number of nitrogens with two attached hydrogens (primary N) is 1. The predicted octanol–water partition coefficient (Wildman–Crippen LogP) is -0.218. The van der Waals surface area contributed by atoms with Gasteiger partial charge < -0.3 is 5.11 Å². The molecule has 4 heteroatoms. The standard InChI is InChI=1S/C8H10N2O2/c9-10-8(12)7-3-1-6(5-11)2-4-7/h1-4,11H,5,9H2,(H,10,12). The number of carbonyl (C=O) groups excluding carboxylic acids is 1. The van der Waals surface area contributed by atoms with E-state index in [1.165, 1.54) is 0 Å². The summed E-state index contributed by atoms with van der Waals surface area (Å²) in [4.78, 5) is 10.9. The van der Waals surface area contributed by atoms with E-state index in [2.05, 4.69) is 0 Å². The Balaban J connectivity index is 2.84. The maximum atomic E-state index is 10.9. The molecule has 0 fully saturated rings. The van der Waals surface area contributed by atoms with Gasteiger partial charge in [-0.3, -0.25) is 10.2 Å². The Labute approximate surface area is 70.0 Å². The molecule has 4 N–H and O–H groups in total. The second kappa shape index (κ2) is 3.85. The molecule has 0 aliphatic carbocycles. The molecule has 1 amide bonds. The van der Waals surface area contributed by atoms with Gasteiger partial charge in [-0.05, 0) is 17.7 Å². The van der Waals surface area contributed by atoms with Crippen molar-refractivity contribution in [1.29, 1.82) is 0 Å². The highest BCUT2D eigenvalue weighted by molar-refractivity contribution is 5.93. The van der Waals surface area contributed by atoms with Crippen LogP contribution in [0.2, 0.25) is 0 Å². The van der Waals surface area contributed by atoms with Gasteiger partial charge in [-0.15, -0.1) is 0 Å². The van der Waals surface area contributed by atoms with Crippen molar-refractivity contribution in [2.75, 3.05) is 0 Å². The summed E-state index contributed by atoms with van der Waals surface area (Å²) in [5.41, 5.74) is 3.27. The first-order chi connectivity index (χ1) is 5.77. The molecule has 0 aliphatic heterocycles. The number of aliphatic hydroxyl groups excluding tert-OH is 1. The fraction of sp³-hybridized carbons (Fsp3) is 0.125. The summed E-state index contributed by atoms with van der Waals surface area (Å²) in [6, 6.07) is 6.55. The molecule has 0 spiro atoms. The summed E-state index contributed by atoms with van der Waals surface area (Å²) in [7, 11) is 0. The van der Waals surface area contributed by atoms with E-state index in [0.29, 0.717) is 5.56 Å². The molecular formula is C8H10N2O2. The Hall–Kier alpha value is -1.39. The van der Waals surface area contributed by atoms with Crippen molar-refractivity contribution >= 4 is 5.91 Å². The van der Waals surface area contributed by atoms with Crippen molar-refractivity contribution in [3.8, 4) is 0 Å². The van der Waals surface area contributed by atoms with Crippen LogP contribution >= 0.6 is 0 Å². The third kappa shape index (κ3) is 1.81. The average Bonchev–Trinajstić information content (AvgIpc) is 2.17. The number of hydrogen-bond acceptors (Lipinski definition) is 3. The van der Waals surface area contributed by atoms with Gasteiger partial charge in [-0.2, -0.15) is 0 Å². The first-order valence-electron chi connectivity index (χ1n) is 3.48. The third-order valence-corrected chi connectivity index (χ3v) is 1.53. The molecule has 0 bridgehead atoms. The minimum Gasteiger partial charge on any atom is -0.392 e. The number of benzene rings is 1. The van der Waals surface area contributed by atoms with E-state index in [1.54, 1.807) is 24.3 Å². The number of hydrazine groups is 1. The van der Waals surface area contributed by atoms with Crippen molar-refractivity contribution in [2.24, 2.45) is 5.84 Å². The molecule has 0 unspecified atom stereocenters. The largest absolute Gasteiger partial charge is 0.392 e. The minimum atomic E-state index is -0.334. The van der Waals surface area contributed by atoms with Crippen molar-refractivity contribution in [3.63, 3.8) is 0 Å². The SMILES string of the molecule is NNC(=O)c1ccc(CO)cc1. The maximum Gasteiger partial charge on any atom is 0.265 e. The normalized spacial score (nSPS) is 9.50. The molecule has 12 heavy (non-hydrogen) atoms. The van der Waals surface area contributed by atoms with E-state index in [0.717, 1.165) is 5.56 Å². The quantitative estimate of drug-likeness (QED) is 0.323. The number of amides is 1. The van der Waals surface area contributed by atoms with Gasteiger partial charge in [0.1, 0.15) is 0 Å². The molecule has 0 saturated heterocycles. The zero-order chi connectivity index (χ0) is 8.97. The van der Waals surface area contributed by atoms with Crippen LogP contribution in [0.4, 0.5) is 0 Å². The van der Waals surface area contributed by atoms with Gasteiger partial charge in [0.2, 0.25) is 0 Å². The fourth-order valence-corrected chi connectivity index (χ4v) is 0.845. The van der Waals surface area contributed by atoms with Crippen molar-refractivity contribution in [1.82, 2.24) is 5.43 Å². The van der Waals surface area contributed by atoms with Crippen LogP contribution in [-0.2, 0) is 6.61 Å². The molecule has 0 atom stereocenters. The highest BCUT2D eigenvalue weighted by atomic mass is 16.3. The van der Waals surface area contributed by atoms with Crippen LogP contribution in [0.1, 0.15) is 15.9 Å². The fourth-order valence-electron chi connectivity index (χ4n) is 0.845. The molecule has 0 saturated carbocycles. The van der Waals surface area contributed by atoms with Gasteiger partial charge >= 0.3 is 0 Å². The van der Waals surface area contributed by atoms with Gasteiger partial charge in [0.05, 0.1) is 6.61 Å². The highest BCUT2D eigenvalue weighted by Gasteiger charge is 2.01. The van der Waals surface area contributed by atoms with Crippen LogP contribution < -0.4 is 11.3 Å². The Kier molecular flexibility index (Phi) is 2.79. The lowest BCUT2D eigenvalue weighted by atomic mass is 10.1. The number of hydrogen-bond donors (Lipinski definition) is 3. The highest BCUT2D eigenvalue weighted by Crippen LogP contribution is 2.03. The molecular weight excluding hydrogens is 156 g/mol. The molecule has 64 valence electrons. The van der Waals surface area contributed by atoms with Crippen LogP contribution in [0.5, 0.6) is 0 Å². The molecule has 1 rings (SSSR count). The number of rotatable bonds is 2. The third-order valence-electron chi connectivity index (χ3n) is 1.53. The molecule has 1 aromatic carbocycles. The van der Waals surface area contributed by atoms with Crippen LogP contribution in [0.3, 0.4) is 0 Å². The Morgan fingerprint density at radius 2 is 2.00 bits per heavy atom. The van der Waals surface area contributed by atoms with Crippen molar-refractivity contribution in [2.45, 2.75) is 6.61 Å². The zero-order valence-corrected chi connectivity index (χ0v) is 6.45. The van der Waals surface area contributed by atoms with E-state index < -0.39 is 0 Å². The lowest BCUT2D eigenvalue weighted by molar-refractivity contribution is 0.0953. The summed E-state index contributed by atoms with van der Waals surface area (Å²) < 4.78 is 0. The van der Waals surface area contributed by atoms with Crippen LogP contribution in [0, 0.1) is 0 Å². The summed E-state index contributed by atoms with van der Waals surface area (Å²) in [6.45, 7) is -0.0233. The van der Waals surface area contributed by atoms with Crippen LogP contribution in [0.15, 0.2) is 24.3 Å². The maximum absolute atomic E-state index is 10.9. The first kappa shape index (κ1) is 8.70. The molecule has 4 nitrogen and oxygen atoms in total. The Morgan fingerprint density at radius 1 is 1.42 bits per heavy atom. The Bertz CT molecular complexity index is 269. The topological polar surface area (TPSA) is 75.3 Å². The first-order valence-corrected chi connectivity index (χ1v) is 3.48. The van der Waals surface area contributed by atoms with Crippen molar-refractivity contribution in [3.05, 3.63) is 35.4 Å². The van der Waals surface area contributed by atoms with Gasteiger partial charge in [0.25, 0.3) is 5.91 Å². The van der Waals surface area contributed by atoms with Crippen LogP contribution in [0.25, 0.3) is 0 Å². The number of aliphatic hydroxyl groups is 1. The van der Waals surface area contributed by atoms with E-state index >= 15 is 0 Å². The van der Waals surface area contributed by atoms with E-state index in [9.17, 15) is 4.79 Å². The number of nitrogens with one attached hydrogen (secondary N) is 1. The van der Waals surface area contributed by atoms with Gasteiger partial charge in [0, 0.05) is 5.56 Å². The Morgan fingerprint density at radius 3 is 2.42 bits per heavy atom. The smallest absolute Gasteiger partial charge is 0.265 e. The predicted molar refractivity (Wildman–Crippen MR) is 44.0 cm³/mol. The van der Waals surface area contributed by atoms with Gasteiger partial charge in [0.15, 0.2) is 0 Å². The summed E-state index contributed by atoms with van der Waals surface area (Å²) >= 11 is 0. The molecule has 1 aromatic rings. The van der Waals surface area contributed by atoms with E-state index in [-0.39, 0.29) is 12.5 Å². The van der Waals surface area contributed by atoms with Gasteiger partial charge in [-0.25, -0.2) is 5.84 Å². The average molecular weight is 166 g/mol. The second-order valence-corrected chi connectivity index (χ2v) is 2.33. The van der Waals surface area contributed by atoms with E-state index in [1.807, 2.05) is 5.43 Å². The van der Waals surface area contributed by atoms with E-state index in [4.69, 9.17) is 10.9 Å². The molecule has 0 aromatic heterocycles. The summed E-state index contributed by atoms with van der Waals surface area (Å²) in [5, 5.41) is 8.70. The minimum absolute atomic E-state index is 0.0233. The lowest BCUT2D eigenvalue weighted by Gasteiger charge is -1.99. The lowest BCUT2D eigenvalue weighted by Crippen LogP contribution is -2.29. The van der Waals surface area contributed by atoms with Crippen LogP contribution in [-0.4, -0.2) is 11.0 Å². The van der Waals surface area contributed by atoms with Gasteiger partial charge in [-0.1, -0.05) is 12.1 Å². The zero-order valence-electron chi connectivity index (χ0n) is 6.45. The number of nitrogen functional groups attached to an aromatic ring is 1. The number of carbonyl (C=O) groups is 1.